The first-order chi connectivity index (χ1) is 14.0. The first-order valence-corrected chi connectivity index (χ1v) is 8.82. The molecule has 26 heavy (non-hydrogen) atoms. The topological polar surface area (TPSA) is 133 Å². The lowest BCUT2D eigenvalue weighted by atomic mass is 10.0. The molecule has 1 fully saturated rings. The summed E-state index contributed by atoms with van der Waals surface area (Å²) < 4.78 is 31.1. The Labute approximate surface area is 159 Å². The number of thioether (sulfide) groups is 1. The molecule has 9 heteroatoms. The van der Waals surface area contributed by atoms with Crippen molar-refractivity contribution in [3.8, 4) is 5.75 Å². The monoisotopic (exact) mass is 381 g/mol. The molecular formula is C17H19N3O5S. The van der Waals surface area contributed by atoms with Gasteiger partial charge in [0, 0.05) is 5.75 Å². The maximum Gasteiger partial charge on any atom is 0.352 e. The normalized spacial score (nSPS) is 25.3. The lowest BCUT2D eigenvalue weighted by molar-refractivity contribution is -0.150. The zero-order valence-electron chi connectivity index (χ0n) is 17.7. The van der Waals surface area contributed by atoms with Crippen LogP contribution >= 0.6 is 11.8 Å². The van der Waals surface area contributed by atoms with E-state index in [9.17, 15) is 24.6 Å². The largest absolute Gasteiger partial charge is 0.508 e. The van der Waals surface area contributed by atoms with Gasteiger partial charge < -0.3 is 21.3 Å². The number of amides is 2. The molecular weight excluding hydrogens is 358 g/mol. The van der Waals surface area contributed by atoms with Gasteiger partial charge in [0.25, 0.3) is 5.91 Å². The number of carbonyl (C=O) groups excluding carboxylic acids is 2. The van der Waals surface area contributed by atoms with Crippen LogP contribution in [0.3, 0.4) is 0 Å². The number of phenols is 1. The van der Waals surface area contributed by atoms with E-state index in [1.54, 1.807) is 6.92 Å². The van der Waals surface area contributed by atoms with Crippen LogP contribution in [0.25, 0.3) is 0 Å². The molecule has 2 aliphatic heterocycles. The number of fused-ring (bicyclic) bond motifs is 1. The predicted octanol–water partition coefficient (Wildman–Crippen LogP) is 0.541. The lowest BCUT2D eigenvalue weighted by Gasteiger charge is -2.49. The molecule has 1 aromatic rings. The molecule has 2 aliphatic rings. The summed E-state index contributed by atoms with van der Waals surface area (Å²) in [6.07, 6.45) is 0.470. The molecule has 0 bridgehead atoms. The first kappa shape index (κ1) is 13.7. The number of rotatable bonds is 5. The van der Waals surface area contributed by atoms with E-state index < -0.39 is 70.7 Å². The molecule has 3 atom stereocenters. The van der Waals surface area contributed by atoms with Gasteiger partial charge in [-0.2, -0.15) is 0 Å². The van der Waals surface area contributed by atoms with Gasteiger partial charge >= 0.3 is 5.97 Å². The van der Waals surface area contributed by atoms with E-state index in [0.29, 0.717) is 17.7 Å². The molecule has 0 aliphatic carbocycles. The van der Waals surface area contributed by atoms with Crippen molar-refractivity contribution in [2.45, 2.75) is 30.8 Å². The Morgan fingerprint density at radius 2 is 2.12 bits per heavy atom. The van der Waals surface area contributed by atoms with Crippen molar-refractivity contribution in [2.24, 2.45) is 5.73 Å². The number of hydrogen-bond acceptors (Lipinski definition) is 6. The molecule has 0 aromatic heterocycles. The second kappa shape index (κ2) is 7.00. The third-order valence-corrected chi connectivity index (χ3v) is 5.54. The number of phenolic OH excluding ortho intramolecular Hbond substituents is 1. The number of benzene rings is 1. The van der Waals surface area contributed by atoms with E-state index in [1.165, 1.54) is 11.8 Å². The van der Waals surface area contributed by atoms with Gasteiger partial charge in [-0.1, -0.05) is 19.0 Å². The molecule has 0 spiro atoms. The summed E-state index contributed by atoms with van der Waals surface area (Å²) in [6, 6.07) is -5.44. The fraction of sp³-hybridized carbons (Fsp3) is 0.353. The van der Waals surface area contributed by atoms with Crippen molar-refractivity contribution >= 4 is 29.5 Å². The van der Waals surface area contributed by atoms with Crippen molar-refractivity contribution < 1.29 is 30.1 Å². The molecule has 2 heterocycles. The molecule has 138 valence electrons. The average molecular weight is 381 g/mol. The number of nitrogens with two attached hydrogens (primary N) is 1. The van der Waals surface area contributed by atoms with Crippen LogP contribution in [-0.4, -0.2) is 50.1 Å². The third-order valence-electron chi connectivity index (χ3n) is 4.20. The van der Waals surface area contributed by atoms with E-state index >= 15 is 0 Å². The summed E-state index contributed by atoms with van der Waals surface area (Å²) in [4.78, 5) is 37.9. The quantitative estimate of drug-likeness (QED) is 0.547. The Morgan fingerprint density at radius 1 is 1.46 bits per heavy atom. The van der Waals surface area contributed by atoms with Crippen LogP contribution in [-0.2, 0) is 14.4 Å². The van der Waals surface area contributed by atoms with Gasteiger partial charge in [-0.15, -0.1) is 11.8 Å². The van der Waals surface area contributed by atoms with Gasteiger partial charge in [0.2, 0.25) is 5.91 Å². The Bertz CT molecular complexity index is 973. The summed E-state index contributed by atoms with van der Waals surface area (Å²) in [5.41, 5.74) is 5.97. The zero-order valence-corrected chi connectivity index (χ0v) is 14.5. The minimum Gasteiger partial charge on any atom is -0.508 e. The first-order valence-electron chi connectivity index (χ1n) is 9.77. The number of β-lactam (4-membered cyclic amide) rings is 1. The molecule has 3 rings (SSSR count). The van der Waals surface area contributed by atoms with Crippen molar-refractivity contribution in [3.63, 3.8) is 0 Å². The van der Waals surface area contributed by atoms with Gasteiger partial charge in [-0.05, 0) is 29.6 Å². The summed E-state index contributed by atoms with van der Waals surface area (Å²) in [5.74, 6) is -3.21. The fourth-order valence-electron chi connectivity index (χ4n) is 2.80. The van der Waals surface area contributed by atoms with Crippen LogP contribution in [0.4, 0.5) is 0 Å². The van der Waals surface area contributed by atoms with E-state index in [0.717, 1.165) is 4.90 Å². The Balaban J connectivity index is 1.83. The molecule has 2 amide bonds. The summed E-state index contributed by atoms with van der Waals surface area (Å²) in [5, 5.41) is 20.9. The van der Waals surface area contributed by atoms with Crippen LogP contribution in [0.5, 0.6) is 5.75 Å². The number of aliphatic carboxylic acids is 1. The van der Waals surface area contributed by atoms with Gasteiger partial charge in [0.1, 0.15) is 28.9 Å². The molecule has 1 aromatic carbocycles. The van der Waals surface area contributed by atoms with Crippen LogP contribution in [0.15, 0.2) is 35.4 Å². The number of nitrogens with zero attached hydrogens (tertiary/aromatic N) is 1. The highest BCUT2D eigenvalue weighted by atomic mass is 32.2. The van der Waals surface area contributed by atoms with Crippen molar-refractivity contribution in [1.82, 2.24) is 10.2 Å². The summed E-state index contributed by atoms with van der Waals surface area (Å²) >= 11 is 1.30. The SMILES string of the molecule is [2H]c1c([2H])c([C@@H](N)C(=O)N[C@@H]2C(=O)N3C(C(=O)O)=C(CC)CS[C@H]23)c([2H])c([2H])c1O. The van der Waals surface area contributed by atoms with E-state index in [2.05, 4.69) is 5.32 Å². The Kier molecular flexibility index (Phi) is 3.68. The van der Waals surface area contributed by atoms with Gasteiger partial charge in [-0.25, -0.2) is 4.79 Å². The molecule has 1 saturated heterocycles. The number of carboxylic acids is 1. The van der Waals surface area contributed by atoms with Crippen LogP contribution in [0, 0.1) is 0 Å². The number of carboxylic acid groups (broad SMARTS) is 1. The maximum absolute atomic E-state index is 12.6. The molecule has 8 nitrogen and oxygen atoms in total. The number of hydrogen-bond donors (Lipinski definition) is 4. The Hall–Kier alpha value is -2.52. The smallest absolute Gasteiger partial charge is 0.352 e. The third kappa shape index (κ3) is 3.04. The predicted molar refractivity (Wildman–Crippen MR) is 95.0 cm³/mol. The van der Waals surface area contributed by atoms with E-state index in [4.69, 9.17) is 11.2 Å². The van der Waals surface area contributed by atoms with Crippen LogP contribution in [0.2, 0.25) is 0 Å². The van der Waals surface area contributed by atoms with Crippen molar-refractivity contribution in [1.29, 1.82) is 0 Å². The summed E-state index contributed by atoms with van der Waals surface area (Å²) in [7, 11) is 0. The Morgan fingerprint density at radius 3 is 2.69 bits per heavy atom. The van der Waals surface area contributed by atoms with Crippen molar-refractivity contribution in [3.05, 3.63) is 41.0 Å². The molecule has 0 saturated carbocycles. The van der Waals surface area contributed by atoms with Gasteiger partial charge in [0.05, 0.1) is 5.48 Å². The minimum atomic E-state index is -1.63. The molecule has 0 radical (unpaired) electrons. The average Bonchev–Trinajstić information content (AvgIpc) is 2.72. The lowest BCUT2D eigenvalue weighted by Crippen LogP contribution is -2.71. The second-order valence-corrected chi connectivity index (χ2v) is 6.85. The van der Waals surface area contributed by atoms with Gasteiger partial charge in [-0.3, -0.25) is 14.5 Å². The maximum atomic E-state index is 12.6. The number of nitrogens with one attached hydrogen (secondary N) is 1. The van der Waals surface area contributed by atoms with Gasteiger partial charge in [0.15, 0.2) is 0 Å². The van der Waals surface area contributed by atoms with E-state index in [1.807, 2.05) is 0 Å². The minimum absolute atomic E-state index is 0.0841. The summed E-state index contributed by atoms with van der Waals surface area (Å²) in [6.45, 7) is 1.79. The zero-order chi connectivity index (χ0) is 22.5. The highest BCUT2D eigenvalue weighted by molar-refractivity contribution is 8.00. The van der Waals surface area contributed by atoms with Crippen LogP contribution < -0.4 is 11.1 Å². The highest BCUT2D eigenvalue weighted by Crippen LogP contribution is 2.41. The molecule has 0 unspecified atom stereocenters. The number of carbonyl (C=O) groups is 3. The van der Waals surface area contributed by atoms with Crippen LogP contribution in [0.1, 0.15) is 30.4 Å². The fourth-order valence-corrected chi connectivity index (χ4v) is 4.25. The molecule has 5 N–H and O–H groups in total. The standard InChI is InChI=1S/C17H19N3O5S/c1-2-8-7-26-16-12(15(23)20(16)13(8)17(24)25)19-14(22)11(18)9-3-5-10(21)6-4-9/h3-6,11-12,16,21H,2,7,18H2,1H3,(H,19,22)(H,24,25)/t11-,12-,16-/m1/s1/i3D,4D,5D,6D. The van der Waals surface area contributed by atoms with E-state index in [-0.39, 0.29) is 5.70 Å². The van der Waals surface area contributed by atoms with Crippen molar-refractivity contribution in [2.75, 3.05) is 5.75 Å². The second-order valence-electron chi connectivity index (χ2n) is 5.75. The highest BCUT2D eigenvalue weighted by Gasteiger charge is 2.54. The number of aromatic hydroxyl groups is 1.